The highest BCUT2D eigenvalue weighted by molar-refractivity contribution is 5.98. The Bertz CT molecular complexity index is 583. The molecule has 132 valence electrons. The van der Waals surface area contributed by atoms with Crippen LogP contribution in [0.5, 0.6) is 0 Å². The number of rotatable bonds is 6. The van der Waals surface area contributed by atoms with E-state index in [1.807, 2.05) is 32.0 Å². The monoisotopic (exact) mass is 333 g/mol. The standard InChI is InChI=1S/C18H27N3O3/c1-14-5-4-6-17(15(14)2)21(16(3)22)13-18(23)19-7-8-20-9-11-24-12-10-20/h4-6H,7-13H2,1-3H3,(H,19,23). The molecule has 1 aromatic carbocycles. The summed E-state index contributed by atoms with van der Waals surface area (Å²) in [4.78, 5) is 28.0. The Morgan fingerprint density at radius 3 is 2.62 bits per heavy atom. The molecule has 0 atom stereocenters. The molecule has 2 amide bonds. The van der Waals surface area contributed by atoms with Crippen molar-refractivity contribution in [2.24, 2.45) is 0 Å². The number of benzene rings is 1. The van der Waals surface area contributed by atoms with E-state index in [-0.39, 0.29) is 18.4 Å². The van der Waals surface area contributed by atoms with Crippen LogP contribution in [0, 0.1) is 13.8 Å². The van der Waals surface area contributed by atoms with Crippen molar-refractivity contribution in [3.8, 4) is 0 Å². The largest absolute Gasteiger partial charge is 0.379 e. The van der Waals surface area contributed by atoms with Gasteiger partial charge in [0.25, 0.3) is 0 Å². The Labute approximate surface area is 143 Å². The predicted molar refractivity (Wildman–Crippen MR) is 94.2 cm³/mol. The van der Waals surface area contributed by atoms with Crippen LogP contribution in [0.2, 0.25) is 0 Å². The van der Waals surface area contributed by atoms with Crippen molar-refractivity contribution in [1.82, 2.24) is 10.2 Å². The maximum absolute atomic E-state index is 12.2. The molecule has 1 saturated heterocycles. The summed E-state index contributed by atoms with van der Waals surface area (Å²) in [5.74, 6) is -0.272. The van der Waals surface area contributed by atoms with E-state index in [9.17, 15) is 9.59 Å². The number of amides is 2. The van der Waals surface area contributed by atoms with Crippen molar-refractivity contribution < 1.29 is 14.3 Å². The first-order valence-electron chi connectivity index (χ1n) is 8.40. The Kier molecular flexibility index (Phi) is 6.75. The van der Waals surface area contributed by atoms with Gasteiger partial charge in [-0.3, -0.25) is 14.5 Å². The van der Waals surface area contributed by atoms with Gasteiger partial charge in [-0.1, -0.05) is 12.1 Å². The van der Waals surface area contributed by atoms with Crippen molar-refractivity contribution in [2.45, 2.75) is 20.8 Å². The summed E-state index contributed by atoms with van der Waals surface area (Å²) in [7, 11) is 0. The zero-order chi connectivity index (χ0) is 17.5. The first kappa shape index (κ1) is 18.4. The van der Waals surface area contributed by atoms with E-state index in [0.717, 1.165) is 49.7 Å². The average Bonchev–Trinajstić information content (AvgIpc) is 2.56. The van der Waals surface area contributed by atoms with Crippen molar-refractivity contribution >= 4 is 17.5 Å². The van der Waals surface area contributed by atoms with Gasteiger partial charge in [-0.05, 0) is 31.0 Å². The Hall–Kier alpha value is -1.92. The minimum atomic E-state index is -0.139. The van der Waals surface area contributed by atoms with Gasteiger partial charge in [-0.25, -0.2) is 0 Å². The van der Waals surface area contributed by atoms with Gasteiger partial charge >= 0.3 is 0 Å². The molecule has 0 aliphatic carbocycles. The molecule has 0 unspecified atom stereocenters. The highest BCUT2D eigenvalue weighted by atomic mass is 16.5. The third kappa shape index (κ3) is 5.04. The molecule has 2 rings (SSSR count). The molecule has 24 heavy (non-hydrogen) atoms. The van der Waals surface area contributed by atoms with Gasteiger partial charge in [-0.15, -0.1) is 0 Å². The summed E-state index contributed by atoms with van der Waals surface area (Å²) in [5.41, 5.74) is 2.92. The van der Waals surface area contributed by atoms with Crippen LogP contribution in [0.15, 0.2) is 18.2 Å². The number of aryl methyl sites for hydroxylation is 1. The summed E-state index contributed by atoms with van der Waals surface area (Å²) in [6.45, 7) is 10.2. The number of hydrogen-bond donors (Lipinski definition) is 1. The molecule has 1 heterocycles. The fourth-order valence-corrected chi connectivity index (χ4v) is 2.77. The number of carbonyl (C=O) groups is 2. The van der Waals surface area contributed by atoms with Gasteiger partial charge in [0.15, 0.2) is 0 Å². The topological polar surface area (TPSA) is 61.9 Å². The van der Waals surface area contributed by atoms with Crippen LogP contribution in [0.1, 0.15) is 18.1 Å². The fraction of sp³-hybridized carbons (Fsp3) is 0.556. The molecule has 6 heteroatoms. The fourth-order valence-electron chi connectivity index (χ4n) is 2.77. The van der Waals surface area contributed by atoms with E-state index in [2.05, 4.69) is 10.2 Å². The molecule has 0 radical (unpaired) electrons. The second kappa shape index (κ2) is 8.80. The highest BCUT2D eigenvalue weighted by Gasteiger charge is 2.18. The van der Waals surface area contributed by atoms with E-state index in [0.29, 0.717) is 6.54 Å². The molecular weight excluding hydrogens is 306 g/mol. The maximum Gasteiger partial charge on any atom is 0.240 e. The number of nitrogens with one attached hydrogen (secondary N) is 1. The van der Waals surface area contributed by atoms with Crippen LogP contribution in [-0.2, 0) is 14.3 Å². The van der Waals surface area contributed by atoms with Gasteiger partial charge < -0.3 is 15.0 Å². The Balaban J connectivity index is 1.89. The quantitative estimate of drug-likeness (QED) is 0.847. The van der Waals surface area contributed by atoms with Gasteiger partial charge in [-0.2, -0.15) is 0 Å². The van der Waals surface area contributed by atoms with Crippen LogP contribution < -0.4 is 10.2 Å². The normalized spacial score (nSPS) is 15.1. The molecule has 0 aromatic heterocycles. The van der Waals surface area contributed by atoms with Crippen LogP contribution in [0.4, 0.5) is 5.69 Å². The van der Waals surface area contributed by atoms with E-state index in [4.69, 9.17) is 4.74 Å². The second-order valence-electron chi connectivity index (χ2n) is 6.13. The molecule has 1 aromatic rings. The zero-order valence-corrected chi connectivity index (χ0v) is 14.8. The Morgan fingerprint density at radius 2 is 1.96 bits per heavy atom. The summed E-state index contributed by atoms with van der Waals surface area (Å²) in [6, 6.07) is 5.79. The van der Waals surface area contributed by atoms with Crippen molar-refractivity contribution in [2.75, 3.05) is 50.8 Å². The first-order valence-corrected chi connectivity index (χ1v) is 8.40. The van der Waals surface area contributed by atoms with Crippen LogP contribution >= 0.6 is 0 Å². The molecule has 0 bridgehead atoms. The van der Waals surface area contributed by atoms with Crippen LogP contribution in [0.3, 0.4) is 0 Å². The molecule has 0 spiro atoms. The predicted octanol–water partition coefficient (Wildman–Crippen LogP) is 1.10. The van der Waals surface area contributed by atoms with Gasteiger partial charge in [0.05, 0.1) is 13.2 Å². The zero-order valence-electron chi connectivity index (χ0n) is 14.8. The van der Waals surface area contributed by atoms with E-state index in [1.165, 1.54) is 11.8 Å². The van der Waals surface area contributed by atoms with E-state index < -0.39 is 0 Å². The third-order valence-electron chi connectivity index (χ3n) is 4.40. The molecular formula is C18H27N3O3. The minimum absolute atomic E-state index is 0.0444. The number of hydrogen-bond acceptors (Lipinski definition) is 4. The average molecular weight is 333 g/mol. The second-order valence-corrected chi connectivity index (χ2v) is 6.13. The lowest BCUT2D eigenvalue weighted by Gasteiger charge is -2.27. The first-order chi connectivity index (χ1) is 11.5. The molecule has 1 N–H and O–H groups in total. The molecule has 1 aliphatic rings. The molecule has 6 nitrogen and oxygen atoms in total. The summed E-state index contributed by atoms with van der Waals surface area (Å²) >= 11 is 0. The molecule has 1 fully saturated rings. The van der Waals surface area contributed by atoms with Crippen molar-refractivity contribution in [3.63, 3.8) is 0 Å². The minimum Gasteiger partial charge on any atom is -0.379 e. The van der Waals surface area contributed by atoms with E-state index >= 15 is 0 Å². The Morgan fingerprint density at radius 1 is 1.25 bits per heavy atom. The van der Waals surface area contributed by atoms with Crippen LogP contribution in [0.25, 0.3) is 0 Å². The summed E-state index contributed by atoms with van der Waals surface area (Å²) in [6.07, 6.45) is 0. The molecule has 0 saturated carbocycles. The third-order valence-corrected chi connectivity index (χ3v) is 4.40. The highest BCUT2D eigenvalue weighted by Crippen LogP contribution is 2.22. The van der Waals surface area contributed by atoms with Gasteiger partial charge in [0, 0.05) is 38.8 Å². The van der Waals surface area contributed by atoms with Gasteiger partial charge in [0.2, 0.25) is 11.8 Å². The molecule has 1 aliphatic heterocycles. The SMILES string of the molecule is CC(=O)N(CC(=O)NCCN1CCOCC1)c1cccc(C)c1C. The number of anilines is 1. The smallest absolute Gasteiger partial charge is 0.240 e. The number of nitrogens with zero attached hydrogens (tertiary/aromatic N) is 2. The lowest BCUT2D eigenvalue weighted by molar-refractivity contribution is -0.123. The summed E-state index contributed by atoms with van der Waals surface area (Å²) in [5, 5.41) is 2.90. The van der Waals surface area contributed by atoms with E-state index in [1.54, 1.807) is 0 Å². The van der Waals surface area contributed by atoms with Gasteiger partial charge in [0.1, 0.15) is 6.54 Å². The lowest BCUT2D eigenvalue weighted by Crippen LogP contribution is -2.44. The maximum atomic E-state index is 12.2. The lowest BCUT2D eigenvalue weighted by atomic mass is 10.1. The van der Waals surface area contributed by atoms with Crippen molar-refractivity contribution in [1.29, 1.82) is 0 Å². The van der Waals surface area contributed by atoms with Crippen molar-refractivity contribution in [3.05, 3.63) is 29.3 Å². The van der Waals surface area contributed by atoms with Crippen LogP contribution in [-0.4, -0.2) is 62.7 Å². The number of carbonyl (C=O) groups excluding carboxylic acids is 2. The number of ether oxygens (including phenoxy) is 1. The summed E-state index contributed by atoms with van der Waals surface area (Å²) < 4.78 is 5.30. The number of morpholine rings is 1.